The standard InChI is InChI=1S/C8H14N2.HNO3/c1-3-4-8(2)10-6-5-9-7-10;2-1(3)4/h5-8H,3-4H2,1-2H3;(H,2,3,4). The third-order valence-electron chi connectivity index (χ3n) is 1.74. The van der Waals surface area contributed by atoms with Crippen molar-refractivity contribution in [2.24, 2.45) is 0 Å². The highest BCUT2D eigenvalue weighted by molar-refractivity contribution is 4.78. The van der Waals surface area contributed by atoms with Crippen molar-refractivity contribution in [1.82, 2.24) is 9.55 Å². The van der Waals surface area contributed by atoms with Crippen molar-refractivity contribution in [2.45, 2.75) is 32.7 Å². The van der Waals surface area contributed by atoms with Crippen LogP contribution in [0, 0.1) is 10.1 Å². The van der Waals surface area contributed by atoms with Gasteiger partial charge in [0.25, 0.3) is 5.09 Å². The second-order valence-corrected chi connectivity index (χ2v) is 2.89. The monoisotopic (exact) mass is 201 g/mol. The first-order valence-electron chi connectivity index (χ1n) is 4.38. The van der Waals surface area contributed by atoms with Gasteiger partial charge in [0.1, 0.15) is 0 Å². The molecule has 6 nitrogen and oxygen atoms in total. The number of aromatic nitrogens is 2. The zero-order valence-corrected chi connectivity index (χ0v) is 8.33. The van der Waals surface area contributed by atoms with E-state index in [0.29, 0.717) is 6.04 Å². The molecule has 0 aliphatic rings. The third kappa shape index (κ3) is 5.99. The molecule has 1 aromatic heterocycles. The minimum Gasteiger partial charge on any atom is -0.335 e. The summed E-state index contributed by atoms with van der Waals surface area (Å²) in [4.78, 5) is 12.3. The normalized spacial score (nSPS) is 11.3. The SMILES string of the molecule is CCCC(C)n1ccnc1.O=[N+]([O-])O. The molecule has 1 atom stereocenters. The lowest BCUT2D eigenvalue weighted by molar-refractivity contribution is -0.742. The summed E-state index contributed by atoms with van der Waals surface area (Å²) in [7, 11) is 0. The van der Waals surface area contributed by atoms with E-state index in [1.165, 1.54) is 12.8 Å². The molecular weight excluding hydrogens is 186 g/mol. The van der Waals surface area contributed by atoms with E-state index >= 15 is 0 Å². The Bertz CT molecular complexity index is 244. The van der Waals surface area contributed by atoms with Gasteiger partial charge in [-0.1, -0.05) is 13.3 Å². The van der Waals surface area contributed by atoms with Gasteiger partial charge >= 0.3 is 0 Å². The van der Waals surface area contributed by atoms with Gasteiger partial charge in [-0.3, -0.25) is 0 Å². The molecule has 14 heavy (non-hydrogen) atoms. The Labute approximate surface area is 82.3 Å². The van der Waals surface area contributed by atoms with Crippen LogP contribution in [0.25, 0.3) is 0 Å². The summed E-state index contributed by atoms with van der Waals surface area (Å²) in [6.07, 6.45) is 8.18. The molecule has 0 aromatic carbocycles. The number of rotatable bonds is 3. The van der Waals surface area contributed by atoms with Crippen LogP contribution in [0.5, 0.6) is 0 Å². The number of imidazole rings is 1. The van der Waals surface area contributed by atoms with Gasteiger partial charge in [0, 0.05) is 18.4 Å². The summed E-state index contributed by atoms with van der Waals surface area (Å²) in [6, 6.07) is 0.604. The van der Waals surface area contributed by atoms with E-state index in [4.69, 9.17) is 15.3 Å². The maximum Gasteiger partial charge on any atom is 0.291 e. The van der Waals surface area contributed by atoms with Crippen LogP contribution in [0.4, 0.5) is 0 Å². The van der Waals surface area contributed by atoms with Crippen molar-refractivity contribution >= 4 is 0 Å². The maximum absolute atomic E-state index is 8.36. The maximum atomic E-state index is 8.36. The largest absolute Gasteiger partial charge is 0.335 e. The molecular formula is C8H15N3O3. The Morgan fingerprint density at radius 1 is 1.71 bits per heavy atom. The van der Waals surface area contributed by atoms with E-state index in [2.05, 4.69) is 23.4 Å². The van der Waals surface area contributed by atoms with Crippen LogP contribution in [-0.4, -0.2) is 19.8 Å². The van der Waals surface area contributed by atoms with Crippen molar-refractivity contribution in [2.75, 3.05) is 0 Å². The Hall–Kier alpha value is -1.59. The van der Waals surface area contributed by atoms with E-state index in [1.54, 1.807) is 0 Å². The zero-order chi connectivity index (χ0) is 11.0. The first-order valence-corrected chi connectivity index (χ1v) is 4.38. The second kappa shape index (κ2) is 6.88. The van der Waals surface area contributed by atoms with E-state index in [0.717, 1.165) is 0 Å². The Balaban J connectivity index is 0.000000364. The number of nitrogens with zero attached hydrogens (tertiary/aromatic N) is 3. The van der Waals surface area contributed by atoms with E-state index in [1.807, 2.05) is 18.7 Å². The highest BCUT2D eigenvalue weighted by Crippen LogP contribution is 2.10. The van der Waals surface area contributed by atoms with Crippen molar-refractivity contribution in [3.05, 3.63) is 28.8 Å². The molecule has 1 aromatic rings. The predicted octanol–water partition coefficient (Wildman–Crippen LogP) is 1.90. The minimum atomic E-state index is -1.50. The Kier molecular flexibility index (Phi) is 6.09. The molecule has 0 aliphatic carbocycles. The first-order chi connectivity index (χ1) is 6.57. The average molecular weight is 201 g/mol. The van der Waals surface area contributed by atoms with Crippen LogP contribution in [-0.2, 0) is 0 Å². The average Bonchev–Trinajstić information content (AvgIpc) is 2.55. The lowest BCUT2D eigenvalue weighted by atomic mass is 10.2. The van der Waals surface area contributed by atoms with E-state index in [-0.39, 0.29) is 0 Å². The molecule has 0 amide bonds. The molecule has 6 heteroatoms. The smallest absolute Gasteiger partial charge is 0.291 e. The molecule has 0 spiro atoms. The van der Waals surface area contributed by atoms with Crippen LogP contribution in [0.1, 0.15) is 32.7 Å². The molecule has 0 radical (unpaired) electrons. The van der Waals surface area contributed by atoms with Crippen molar-refractivity contribution < 1.29 is 10.3 Å². The van der Waals surface area contributed by atoms with Gasteiger partial charge in [-0.2, -0.15) is 0 Å². The van der Waals surface area contributed by atoms with Gasteiger partial charge in [0.15, 0.2) is 0 Å². The molecule has 0 aliphatic heterocycles. The highest BCUT2D eigenvalue weighted by Gasteiger charge is 1.99. The first kappa shape index (κ1) is 12.4. The fraction of sp³-hybridized carbons (Fsp3) is 0.625. The molecule has 1 rings (SSSR count). The molecule has 0 fully saturated rings. The van der Waals surface area contributed by atoms with Gasteiger partial charge < -0.3 is 9.77 Å². The Morgan fingerprint density at radius 3 is 2.64 bits per heavy atom. The van der Waals surface area contributed by atoms with Gasteiger partial charge in [0.05, 0.1) is 6.33 Å². The van der Waals surface area contributed by atoms with Crippen molar-refractivity contribution in [3.63, 3.8) is 0 Å². The van der Waals surface area contributed by atoms with Crippen LogP contribution in [0.3, 0.4) is 0 Å². The van der Waals surface area contributed by atoms with Crippen LogP contribution in [0.15, 0.2) is 18.7 Å². The summed E-state index contributed by atoms with van der Waals surface area (Å²) < 4.78 is 2.14. The summed E-state index contributed by atoms with van der Waals surface area (Å²) in [5, 5.41) is 13.6. The van der Waals surface area contributed by atoms with E-state index < -0.39 is 5.09 Å². The van der Waals surface area contributed by atoms with Crippen molar-refractivity contribution in [3.8, 4) is 0 Å². The topological polar surface area (TPSA) is 81.2 Å². The highest BCUT2D eigenvalue weighted by atomic mass is 16.9. The Morgan fingerprint density at radius 2 is 2.29 bits per heavy atom. The molecule has 0 saturated heterocycles. The van der Waals surface area contributed by atoms with Gasteiger partial charge in [-0.25, -0.2) is 4.98 Å². The summed E-state index contributed by atoms with van der Waals surface area (Å²) in [6.45, 7) is 4.42. The quantitative estimate of drug-likeness (QED) is 0.598. The van der Waals surface area contributed by atoms with E-state index in [9.17, 15) is 0 Å². The molecule has 1 unspecified atom stereocenters. The summed E-state index contributed by atoms with van der Waals surface area (Å²) in [5.41, 5.74) is 0. The van der Waals surface area contributed by atoms with Crippen LogP contribution < -0.4 is 0 Å². The molecule has 0 saturated carbocycles. The number of hydrogen-bond acceptors (Lipinski definition) is 3. The third-order valence-corrected chi connectivity index (χ3v) is 1.74. The molecule has 1 N–H and O–H groups in total. The van der Waals surface area contributed by atoms with Gasteiger partial charge in [-0.15, -0.1) is 10.1 Å². The predicted molar refractivity (Wildman–Crippen MR) is 50.6 cm³/mol. The fourth-order valence-corrected chi connectivity index (χ4v) is 1.10. The number of hydrogen-bond donors (Lipinski definition) is 1. The molecule has 80 valence electrons. The summed E-state index contributed by atoms with van der Waals surface area (Å²) in [5.74, 6) is 0. The zero-order valence-electron chi connectivity index (χ0n) is 8.33. The van der Waals surface area contributed by atoms with Crippen molar-refractivity contribution in [1.29, 1.82) is 0 Å². The minimum absolute atomic E-state index is 0.604. The summed E-state index contributed by atoms with van der Waals surface area (Å²) >= 11 is 0. The fourth-order valence-electron chi connectivity index (χ4n) is 1.10. The lowest BCUT2D eigenvalue weighted by Crippen LogP contribution is -2.00. The lowest BCUT2D eigenvalue weighted by Gasteiger charge is -2.10. The molecule has 1 heterocycles. The van der Waals surface area contributed by atoms with Gasteiger partial charge in [0.2, 0.25) is 0 Å². The van der Waals surface area contributed by atoms with Gasteiger partial charge in [-0.05, 0) is 13.3 Å². The molecule has 0 bridgehead atoms. The second-order valence-electron chi connectivity index (χ2n) is 2.89. The van der Waals surface area contributed by atoms with Crippen LogP contribution >= 0.6 is 0 Å². The van der Waals surface area contributed by atoms with Crippen LogP contribution in [0.2, 0.25) is 0 Å².